The van der Waals surface area contributed by atoms with Crippen LogP contribution in [0.5, 0.6) is 0 Å². The van der Waals surface area contributed by atoms with Crippen LogP contribution < -0.4 is 0 Å². The molecule has 2 unspecified atom stereocenters. The molecular formula is C12H16N2O3. The summed E-state index contributed by atoms with van der Waals surface area (Å²) in [5.41, 5.74) is 2.45. The minimum Gasteiger partial charge on any atom is -0.396 e. The van der Waals surface area contributed by atoms with Crippen LogP contribution >= 0.6 is 0 Å². The van der Waals surface area contributed by atoms with Crippen molar-refractivity contribution in [2.24, 2.45) is 0 Å². The van der Waals surface area contributed by atoms with Crippen molar-refractivity contribution < 1.29 is 15.3 Å². The summed E-state index contributed by atoms with van der Waals surface area (Å²) in [7, 11) is 0. The molecule has 17 heavy (non-hydrogen) atoms. The third kappa shape index (κ3) is 2.31. The van der Waals surface area contributed by atoms with Gasteiger partial charge in [0.05, 0.1) is 17.8 Å². The van der Waals surface area contributed by atoms with E-state index < -0.39 is 12.2 Å². The second kappa shape index (κ2) is 4.83. The molecule has 2 atom stereocenters. The summed E-state index contributed by atoms with van der Waals surface area (Å²) in [4.78, 5) is 0. The van der Waals surface area contributed by atoms with E-state index in [1.54, 1.807) is 12.3 Å². The lowest BCUT2D eigenvalue weighted by molar-refractivity contribution is 0.00396. The maximum absolute atomic E-state index is 10.0. The summed E-state index contributed by atoms with van der Waals surface area (Å²) < 4.78 is 0. The molecule has 1 aromatic carbocycles. The number of hydrogen-bond donors (Lipinski definition) is 4. The van der Waals surface area contributed by atoms with Crippen LogP contribution in [-0.4, -0.2) is 38.2 Å². The second-order valence-electron chi connectivity index (χ2n) is 4.19. The van der Waals surface area contributed by atoms with Crippen LogP contribution in [0.25, 0.3) is 10.9 Å². The van der Waals surface area contributed by atoms with E-state index in [0.29, 0.717) is 5.56 Å². The van der Waals surface area contributed by atoms with Crippen molar-refractivity contribution in [2.75, 3.05) is 6.61 Å². The van der Waals surface area contributed by atoms with Gasteiger partial charge in [-0.25, -0.2) is 0 Å². The molecule has 92 valence electrons. The molecule has 0 amide bonds. The number of aliphatic hydroxyl groups excluding tert-OH is 3. The first-order chi connectivity index (χ1) is 8.13. The number of nitrogens with zero attached hydrogens (tertiary/aromatic N) is 1. The smallest absolute Gasteiger partial charge is 0.105 e. The monoisotopic (exact) mass is 236 g/mol. The average Bonchev–Trinajstić information content (AvgIpc) is 2.74. The number of nitrogens with one attached hydrogen (secondary N) is 1. The fourth-order valence-electron chi connectivity index (χ4n) is 1.93. The topological polar surface area (TPSA) is 89.4 Å². The molecule has 0 aliphatic rings. The quantitative estimate of drug-likeness (QED) is 0.627. The van der Waals surface area contributed by atoms with Crippen LogP contribution in [0.1, 0.15) is 23.7 Å². The molecule has 2 rings (SSSR count). The molecular weight excluding hydrogens is 220 g/mol. The van der Waals surface area contributed by atoms with Crippen molar-refractivity contribution in [1.82, 2.24) is 10.2 Å². The van der Waals surface area contributed by atoms with E-state index in [0.717, 1.165) is 16.5 Å². The molecule has 0 saturated carbocycles. The zero-order valence-corrected chi connectivity index (χ0v) is 9.59. The van der Waals surface area contributed by atoms with Gasteiger partial charge in [-0.05, 0) is 36.6 Å². The molecule has 4 N–H and O–H groups in total. The number of aromatic amines is 1. The van der Waals surface area contributed by atoms with Gasteiger partial charge in [0.2, 0.25) is 0 Å². The molecule has 0 aliphatic carbocycles. The van der Waals surface area contributed by atoms with Crippen LogP contribution in [0, 0.1) is 6.92 Å². The second-order valence-corrected chi connectivity index (χ2v) is 4.19. The minimum absolute atomic E-state index is 0.148. The fraction of sp³-hybridized carbons (Fsp3) is 0.417. The zero-order chi connectivity index (χ0) is 12.4. The van der Waals surface area contributed by atoms with Gasteiger partial charge in [0.25, 0.3) is 0 Å². The lowest BCUT2D eigenvalue weighted by Crippen LogP contribution is -2.20. The van der Waals surface area contributed by atoms with E-state index >= 15 is 0 Å². The van der Waals surface area contributed by atoms with E-state index in [4.69, 9.17) is 5.11 Å². The molecule has 0 spiro atoms. The number of aliphatic hydroxyl groups is 3. The molecule has 1 aromatic heterocycles. The van der Waals surface area contributed by atoms with Gasteiger partial charge in [-0.1, -0.05) is 0 Å². The van der Waals surface area contributed by atoms with Gasteiger partial charge in [-0.2, -0.15) is 5.10 Å². The maximum Gasteiger partial charge on any atom is 0.105 e. The number of benzene rings is 1. The van der Waals surface area contributed by atoms with Crippen molar-refractivity contribution in [3.05, 3.63) is 29.5 Å². The van der Waals surface area contributed by atoms with Gasteiger partial charge in [-0.3, -0.25) is 5.10 Å². The third-order valence-corrected chi connectivity index (χ3v) is 2.93. The molecule has 2 aromatic rings. The first kappa shape index (κ1) is 12.0. The number of aryl methyl sites for hydroxylation is 1. The van der Waals surface area contributed by atoms with Crippen molar-refractivity contribution in [3.63, 3.8) is 0 Å². The summed E-state index contributed by atoms with van der Waals surface area (Å²) in [5, 5.41) is 36.1. The van der Waals surface area contributed by atoms with E-state index in [-0.39, 0.29) is 13.0 Å². The van der Waals surface area contributed by atoms with Gasteiger partial charge in [-0.15, -0.1) is 0 Å². The summed E-state index contributed by atoms with van der Waals surface area (Å²) in [6.45, 7) is 1.72. The number of H-pyrrole nitrogens is 1. The first-order valence-corrected chi connectivity index (χ1v) is 5.54. The van der Waals surface area contributed by atoms with Gasteiger partial charge in [0.1, 0.15) is 6.10 Å². The summed E-state index contributed by atoms with van der Waals surface area (Å²) >= 11 is 0. The Labute approximate surface area is 98.7 Å². The Morgan fingerprint density at radius 3 is 2.82 bits per heavy atom. The molecule has 0 saturated heterocycles. The van der Waals surface area contributed by atoms with Crippen molar-refractivity contribution >= 4 is 10.9 Å². The molecule has 0 aliphatic heterocycles. The highest BCUT2D eigenvalue weighted by Gasteiger charge is 2.20. The normalized spacial score (nSPS) is 15.1. The lowest BCUT2D eigenvalue weighted by atomic mass is 9.96. The SMILES string of the molecule is Cc1cc2[nH]ncc2cc1C(O)C(O)CCO. The molecule has 1 heterocycles. The highest BCUT2D eigenvalue weighted by molar-refractivity contribution is 5.79. The van der Waals surface area contributed by atoms with Crippen molar-refractivity contribution in [2.45, 2.75) is 25.6 Å². The highest BCUT2D eigenvalue weighted by atomic mass is 16.3. The third-order valence-electron chi connectivity index (χ3n) is 2.93. The number of hydrogen-bond acceptors (Lipinski definition) is 4. The molecule has 0 bridgehead atoms. The van der Waals surface area contributed by atoms with Gasteiger partial charge >= 0.3 is 0 Å². The predicted molar refractivity (Wildman–Crippen MR) is 63.5 cm³/mol. The van der Waals surface area contributed by atoms with Gasteiger partial charge in [0, 0.05) is 12.0 Å². The van der Waals surface area contributed by atoms with E-state index in [1.165, 1.54) is 0 Å². The Bertz CT molecular complexity index is 509. The van der Waals surface area contributed by atoms with Crippen LogP contribution in [0.15, 0.2) is 18.3 Å². The highest BCUT2D eigenvalue weighted by Crippen LogP contribution is 2.26. The summed E-state index contributed by atoms with van der Waals surface area (Å²) in [6, 6.07) is 3.69. The Morgan fingerprint density at radius 2 is 2.12 bits per heavy atom. The zero-order valence-electron chi connectivity index (χ0n) is 9.59. The predicted octanol–water partition coefficient (Wildman–Crippen LogP) is 0.648. The van der Waals surface area contributed by atoms with Crippen LogP contribution in [0.3, 0.4) is 0 Å². The van der Waals surface area contributed by atoms with Crippen molar-refractivity contribution in [3.8, 4) is 0 Å². The van der Waals surface area contributed by atoms with Gasteiger partial charge < -0.3 is 15.3 Å². The number of rotatable bonds is 4. The Hall–Kier alpha value is -1.43. The minimum atomic E-state index is -0.985. The summed E-state index contributed by atoms with van der Waals surface area (Å²) in [6.07, 6.45) is -0.113. The average molecular weight is 236 g/mol. The van der Waals surface area contributed by atoms with E-state index in [2.05, 4.69) is 10.2 Å². The first-order valence-electron chi connectivity index (χ1n) is 5.54. The van der Waals surface area contributed by atoms with Crippen molar-refractivity contribution in [1.29, 1.82) is 0 Å². The Morgan fingerprint density at radius 1 is 1.35 bits per heavy atom. The molecule has 0 radical (unpaired) electrons. The van der Waals surface area contributed by atoms with E-state index in [1.807, 2.05) is 13.0 Å². The Balaban J connectivity index is 2.36. The number of aromatic nitrogens is 2. The molecule has 0 fully saturated rings. The number of fused-ring (bicyclic) bond motifs is 1. The maximum atomic E-state index is 10.0. The standard InChI is InChI=1S/C12H16N2O3/c1-7-4-10-8(6-13-14-10)5-9(7)12(17)11(16)2-3-15/h4-6,11-12,15-17H,2-3H2,1H3,(H,13,14). The van der Waals surface area contributed by atoms with Gasteiger partial charge in [0.15, 0.2) is 0 Å². The lowest BCUT2D eigenvalue weighted by Gasteiger charge is -2.19. The molecule has 5 heteroatoms. The molecule has 5 nitrogen and oxygen atoms in total. The van der Waals surface area contributed by atoms with Crippen LogP contribution in [0.4, 0.5) is 0 Å². The fourth-order valence-corrected chi connectivity index (χ4v) is 1.93. The van der Waals surface area contributed by atoms with Crippen LogP contribution in [0.2, 0.25) is 0 Å². The summed E-state index contributed by atoms with van der Waals surface area (Å²) in [5.74, 6) is 0. The van der Waals surface area contributed by atoms with Crippen LogP contribution in [-0.2, 0) is 0 Å². The largest absolute Gasteiger partial charge is 0.396 e. The Kier molecular flexibility index (Phi) is 3.42. The van der Waals surface area contributed by atoms with E-state index in [9.17, 15) is 10.2 Å².